The van der Waals surface area contributed by atoms with E-state index in [0.29, 0.717) is 78.5 Å². The van der Waals surface area contributed by atoms with E-state index in [1.165, 1.54) is 0 Å². The Hall–Kier alpha value is -4.50. The van der Waals surface area contributed by atoms with E-state index in [2.05, 4.69) is 21.3 Å². The zero-order valence-electron chi connectivity index (χ0n) is 27.9. The summed E-state index contributed by atoms with van der Waals surface area (Å²) >= 11 is 0. The molecule has 0 unspecified atom stereocenters. The zero-order valence-corrected chi connectivity index (χ0v) is 27.9. The van der Waals surface area contributed by atoms with Gasteiger partial charge in [0.05, 0.1) is 0 Å². The van der Waals surface area contributed by atoms with E-state index in [1.807, 2.05) is 70.5 Å². The molecule has 0 aliphatic heterocycles. The SMILES string of the molecule is NCCNC(=O)CCN(CCC(=O)NCCN)c1ccc(/C=C/c2ccc(N(CCC(=O)NCCN)CCC(=O)NCCN)cc2)cc1. The summed E-state index contributed by atoms with van der Waals surface area (Å²) in [5.74, 6) is -0.360. The fourth-order valence-corrected chi connectivity index (χ4v) is 4.67. The van der Waals surface area contributed by atoms with E-state index in [9.17, 15) is 19.2 Å². The third-order valence-electron chi connectivity index (χ3n) is 7.29. The molecule has 2 aromatic carbocycles. The third kappa shape index (κ3) is 16.4. The van der Waals surface area contributed by atoms with Crippen molar-refractivity contribution in [3.05, 3.63) is 59.7 Å². The van der Waals surface area contributed by atoms with E-state index in [1.54, 1.807) is 0 Å². The zero-order chi connectivity index (χ0) is 35.0. The summed E-state index contributed by atoms with van der Waals surface area (Å²) in [5.41, 5.74) is 25.7. The van der Waals surface area contributed by atoms with Crippen molar-refractivity contribution >= 4 is 47.2 Å². The molecule has 0 saturated heterocycles. The average molecular weight is 667 g/mol. The minimum atomic E-state index is -0.0901. The molecule has 14 heteroatoms. The fourth-order valence-electron chi connectivity index (χ4n) is 4.67. The van der Waals surface area contributed by atoms with Crippen LogP contribution < -0.4 is 54.0 Å². The second kappa shape index (κ2) is 23.8. The lowest BCUT2D eigenvalue weighted by molar-refractivity contribution is -0.122. The molecule has 0 atom stereocenters. The predicted octanol–water partition coefficient (Wildman–Crippen LogP) is -0.670. The first-order chi connectivity index (χ1) is 23.3. The number of anilines is 2. The van der Waals surface area contributed by atoms with Crippen molar-refractivity contribution in [1.29, 1.82) is 0 Å². The molecule has 12 N–H and O–H groups in total. The standard InChI is InChI=1S/C34H54N10O4/c35-15-19-39-31(45)11-23-43(24-12-32(46)40-20-16-36)29-7-3-27(4-8-29)1-2-28-5-9-30(10-6-28)44(25-13-33(47)41-21-17-37)26-14-34(48)42-22-18-38/h1-10H,11-26,35-38H2,(H,39,45)(H,40,46)(H,41,47)(H,42,48)/b2-1+. The van der Waals surface area contributed by atoms with E-state index in [-0.39, 0.29) is 49.3 Å². The molecule has 0 spiro atoms. The summed E-state index contributed by atoms with van der Waals surface area (Å²) < 4.78 is 0. The Bertz CT molecular complexity index is 1130. The molecule has 0 aromatic heterocycles. The minimum absolute atomic E-state index is 0.0901. The van der Waals surface area contributed by atoms with Gasteiger partial charge in [-0.1, -0.05) is 36.4 Å². The van der Waals surface area contributed by atoms with Crippen molar-refractivity contribution in [2.24, 2.45) is 22.9 Å². The molecule has 2 rings (SSSR count). The summed E-state index contributed by atoms with van der Waals surface area (Å²) in [6.07, 6.45) is 5.13. The van der Waals surface area contributed by atoms with Gasteiger partial charge in [0.15, 0.2) is 0 Å². The number of nitrogens with two attached hydrogens (primary N) is 4. The monoisotopic (exact) mass is 666 g/mol. The van der Waals surface area contributed by atoms with Crippen LogP contribution >= 0.6 is 0 Å². The van der Waals surface area contributed by atoms with Crippen LogP contribution in [0.15, 0.2) is 48.5 Å². The van der Waals surface area contributed by atoms with Gasteiger partial charge in [-0.05, 0) is 35.4 Å². The maximum absolute atomic E-state index is 12.2. The van der Waals surface area contributed by atoms with Gasteiger partial charge in [0.2, 0.25) is 23.6 Å². The Labute approximate surface area is 284 Å². The molecule has 0 bridgehead atoms. The molecule has 0 heterocycles. The van der Waals surface area contributed by atoms with Crippen LogP contribution in [0.3, 0.4) is 0 Å². The molecule has 14 nitrogen and oxygen atoms in total. The maximum Gasteiger partial charge on any atom is 0.221 e. The Morgan fingerprint density at radius 1 is 0.458 bits per heavy atom. The van der Waals surface area contributed by atoms with Crippen molar-refractivity contribution < 1.29 is 19.2 Å². The van der Waals surface area contributed by atoms with Crippen molar-refractivity contribution in [2.75, 3.05) is 88.3 Å². The molecule has 0 fully saturated rings. The van der Waals surface area contributed by atoms with Gasteiger partial charge < -0.3 is 54.0 Å². The van der Waals surface area contributed by atoms with Crippen molar-refractivity contribution in [2.45, 2.75) is 25.7 Å². The first-order valence-corrected chi connectivity index (χ1v) is 16.5. The van der Waals surface area contributed by atoms with Crippen molar-refractivity contribution in [3.8, 4) is 0 Å². The summed E-state index contributed by atoms with van der Waals surface area (Å²) in [5, 5.41) is 11.1. The normalized spacial score (nSPS) is 10.8. The Kier molecular flexibility index (Phi) is 19.6. The van der Waals surface area contributed by atoms with Crippen LogP contribution in [0, 0.1) is 0 Å². The van der Waals surface area contributed by atoms with Crippen LogP contribution in [-0.2, 0) is 19.2 Å². The first-order valence-electron chi connectivity index (χ1n) is 16.5. The largest absolute Gasteiger partial charge is 0.370 e. The highest BCUT2D eigenvalue weighted by Gasteiger charge is 2.13. The second-order valence-corrected chi connectivity index (χ2v) is 11.0. The summed E-state index contributed by atoms with van der Waals surface area (Å²) in [6.45, 7) is 5.01. The summed E-state index contributed by atoms with van der Waals surface area (Å²) in [7, 11) is 0. The number of benzene rings is 2. The van der Waals surface area contributed by atoms with E-state index >= 15 is 0 Å². The fraction of sp³-hybridized carbons (Fsp3) is 0.471. The average Bonchev–Trinajstić information content (AvgIpc) is 3.11. The maximum atomic E-state index is 12.2. The lowest BCUT2D eigenvalue weighted by atomic mass is 10.1. The number of carbonyl (C=O) groups excluding carboxylic acids is 4. The number of rotatable bonds is 24. The Balaban J connectivity index is 2.08. The van der Waals surface area contributed by atoms with Crippen LogP contribution in [0.25, 0.3) is 12.2 Å². The van der Waals surface area contributed by atoms with Gasteiger partial charge >= 0.3 is 0 Å². The van der Waals surface area contributed by atoms with Crippen LogP contribution in [0.1, 0.15) is 36.8 Å². The number of hydrogen-bond acceptors (Lipinski definition) is 10. The quantitative estimate of drug-likeness (QED) is 0.0659. The Morgan fingerprint density at radius 3 is 0.938 bits per heavy atom. The van der Waals surface area contributed by atoms with Gasteiger partial charge in [-0.15, -0.1) is 0 Å². The highest BCUT2D eigenvalue weighted by molar-refractivity contribution is 5.79. The number of nitrogens with one attached hydrogen (secondary N) is 4. The second-order valence-electron chi connectivity index (χ2n) is 11.0. The van der Waals surface area contributed by atoms with Crippen LogP contribution in [0.2, 0.25) is 0 Å². The molecule has 0 radical (unpaired) electrons. The molecule has 48 heavy (non-hydrogen) atoms. The van der Waals surface area contributed by atoms with Gasteiger partial charge in [-0.25, -0.2) is 0 Å². The highest BCUT2D eigenvalue weighted by Crippen LogP contribution is 2.20. The lowest BCUT2D eigenvalue weighted by Crippen LogP contribution is -2.36. The molecule has 0 aliphatic rings. The van der Waals surface area contributed by atoms with E-state index in [0.717, 1.165) is 22.5 Å². The molecule has 0 aliphatic carbocycles. The number of carbonyl (C=O) groups is 4. The lowest BCUT2D eigenvalue weighted by Gasteiger charge is -2.25. The van der Waals surface area contributed by atoms with E-state index in [4.69, 9.17) is 22.9 Å². The van der Waals surface area contributed by atoms with Gasteiger partial charge in [0.25, 0.3) is 0 Å². The molecule has 2 aromatic rings. The number of hydrogen-bond donors (Lipinski definition) is 8. The van der Waals surface area contributed by atoms with Gasteiger partial charge in [0.1, 0.15) is 0 Å². The van der Waals surface area contributed by atoms with Crippen LogP contribution in [0.5, 0.6) is 0 Å². The third-order valence-corrected chi connectivity index (χ3v) is 7.29. The topological polar surface area (TPSA) is 227 Å². The first kappa shape index (κ1) is 39.7. The van der Waals surface area contributed by atoms with Crippen molar-refractivity contribution in [1.82, 2.24) is 21.3 Å². The molecule has 4 amide bonds. The summed E-state index contributed by atoms with van der Waals surface area (Å²) in [6, 6.07) is 15.9. The van der Waals surface area contributed by atoms with Gasteiger partial charge in [-0.2, -0.15) is 0 Å². The van der Waals surface area contributed by atoms with Gasteiger partial charge in [-0.3, -0.25) is 19.2 Å². The minimum Gasteiger partial charge on any atom is -0.370 e. The predicted molar refractivity (Wildman–Crippen MR) is 193 cm³/mol. The highest BCUT2D eigenvalue weighted by atomic mass is 16.2. The van der Waals surface area contributed by atoms with E-state index < -0.39 is 0 Å². The number of nitrogens with zero attached hydrogens (tertiary/aromatic N) is 2. The van der Waals surface area contributed by atoms with Crippen LogP contribution in [-0.4, -0.2) is 102 Å². The van der Waals surface area contributed by atoms with Crippen molar-refractivity contribution in [3.63, 3.8) is 0 Å². The molecule has 264 valence electrons. The molecular weight excluding hydrogens is 612 g/mol. The molecule has 0 saturated carbocycles. The Morgan fingerprint density at radius 2 is 0.708 bits per heavy atom. The number of amides is 4. The van der Waals surface area contributed by atoms with Crippen LogP contribution in [0.4, 0.5) is 11.4 Å². The summed E-state index contributed by atoms with van der Waals surface area (Å²) in [4.78, 5) is 52.8. The molecular formula is C34H54N10O4. The smallest absolute Gasteiger partial charge is 0.221 e. The van der Waals surface area contributed by atoms with Gasteiger partial charge in [0, 0.05) is 116 Å².